The van der Waals surface area contributed by atoms with Crippen LogP contribution in [0.2, 0.25) is 5.02 Å². The second-order valence-corrected chi connectivity index (χ2v) is 5.82. The second-order valence-electron chi connectivity index (χ2n) is 5.38. The van der Waals surface area contributed by atoms with Gasteiger partial charge in [-0.2, -0.15) is 0 Å². The molecule has 0 saturated heterocycles. The van der Waals surface area contributed by atoms with Gasteiger partial charge in [-0.15, -0.1) is 0 Å². The summed E-state index contributed by atoms with van der Waals surface area (Å²) >= 11 is 6.12. The number of rotatable bonds is 6. The number of nitrogens with one attached hydrogen (secondary N) is 1. The zero-order valence-corrected chi connectivity index (χ0v) is 13.6. The Labute approximate surface area is 132 Å². The van der Waals surface area contributed by atoms with Gasteiger partial charge in [0.2, 0.25) is 0 Å². The number of likely N-dealkylation sites (N-methyl/N-ethyl adjacent to an activating group) is 2. The van der Waals surface area contributed by atoms with Crippen LogP contribution >= 0.6 is 11.6 Å². The Morgan fingerprint density at radius 1 is 1.05 bits per heavy atom. The Hall–Kier alpha value is -1.35. The first-order chi connectivity index (χ1) is 10.1. The highest BCUT2D eigenvalue weighted by molar-refractivity contribution is 6.30. The standard InChI is InChI=1S/C18H23ClN2/c1-14(16-10-7-11-17(19)12-16)21(3)18(13-20-2)15-8-5-4-6-9-15/h4-12,14,18,20H,13H2,1-3H3. The van der Waals surface area contributed by atoms with Crippen LogP contribution in [0, 0.1) is 0 Å². The van der Waals surface area contributed by atoms with Gasteiger partial charge in [-0.1, -0.05) is 54.1 Å². The molecule has 0 aliphatic heterocycles. The van der Waals surface area contributed by atoms with Gasteiger partial charge in [-0.3, -0.25) is 4.90 Å². The van der Waals surface area contributed by atoms with Crippen LogP contribution in [-0.2, 0) is 0 Å². The van der Waals surface area contributed by atoms with Crippen LogP contribution in [-0.4, -0.2) is 25.5 Å². The average molecular weight is 303 g/mol. The van der Waals surface area contributed by atoms with Crippen molar-refractivity contribution in [3.05, 3.63) is 70.7 Å². The maximum atomic E-state index is 6.12. The Morgan fingerprint density at radius 3 is 2.33 bits per heavy atom. The number of hydrogen-bond donors (Lipinski definition) is 1. The van der Waals surface area contributed by atoms with E-state index in [2.05, 4.69) is 60.6 Å². The summed E-state index contributed by atoms with van der Waals surface area (Å²) in [6, 6.07) is 19.3. The van der Waals surface area contributed by atoms with Gasteiger partial charge in [0.1, 0.15) is 0 Å². The van der Waals surface area contributed by atoms with Crippen molar-refractivity contribution in [2.75, 3.05) is 20.6 Å². The lowest BCUT2D eigenvalue weighted by Crippen LogP contribution is -2.33. The lowest BCUT2D eigenvalue weighted by Gasteiger charge is -2.34. The van der Waals surface area contributed by atoms with Crippen LogP contribution in [0.1, 0.15) is 30.1 Å². The molecular formula is C18H23ClN2. The van der Waals surface area contributed by atoms with E-state index in [0.29, 0.717) is 12.1 Å². The number of benzene rings is 2. The molecule has 1 N–H and O–H groups in total. The predicted molar refractivity (Wildman–Crippen MR) is 90.7 cm³/mol. The molecular weight excluding hydrogens is 280 g/mol. The molecule has 112 valence electrons. The predicted octanol–water partition coefficient (Wildman–Crippen LogP) is 4.29. The molecule has 0 aromatic heterocycles. The quantitative estimate of drug-likeness (QED) is 0.856. The minimum absolute atomic E-state index is 0.294. The van der Waals surface area contributed by atoms with Crippen LogP contribution in [0.25, 0.3) is 0 Å². The molecule has 0 radical (unpaired) electrons. The highest BCUT2D eigenvalue weighted by Gasteiger charge is 2.22. The Kier molecular flexibility index (Phi) is 5.80. The van der Waals surface area contributed by atoms with Crippen LogP contribution < -0.4 is 5.32 Å². The molecule has 0 aliphatic rings. The summed E-state index contributed by atoms with van der Waals surface area (Å²) < 4.78 is 0. The fourth-order valence-electron chi connectivity index (χ4n) is 2.64. The smallest absolute Gasteiger partial charge is 0.0475 e. The molecule has 0 amide bonds. The van der Waals surface area contributed by atoms with E-state index in [9.17, 15) is 0 Å². The molecule has 2 aromatic carbocycles. The van der Waals surface area contributed by atoms with Crippen molar-refractivity contribution in [2.45, 2.75) is 19.0 Å². The third-order valence-corrected chi connectivity index (χ3v) is 4.25. The Bertz CT molecular complexity index is 556. The van der Waals surface area contributed by atoms with Gasteiger partial charge in [-0.25, -0.2) is 0 Å². The van der Waals surface area contributed by atoms with E-state index in [1.54, 1.807) is 0 Å². The summed E-state index contributed by atoms with van der Waals surface area (Å²) in [5.41, 5.74) is 2.56. The second kappa shape index (κ2) is 7.60. The molecule has 0 fully saturated rings. The van der Waals surface area contributed by atoms with E-state index >= 15 is 0 Å². The molecule has 0 spiro atoms. The van der Waals surface area contributed by atoms with E-state index in [-0.39, 0.29) is 0 Å². The lowest BCUT2D eigenvalue weighted by atomic mass is 10.0. The summed E-state index contributed by atoms with van der Waals surface area (Å²) in [5.74, 6) is 0. The van der Waals surface area contributed by atoms with Crippen molar-refractivity contribution in [3.63, 3.8) is 0 Å². The molecule has 3 heteroatoms. The minimum Gasteiger partial charge on any atom is -0.318 e. The summed E-state index contributed by atoms with van der Waals surface area (Å²) in [7, 11) is 4.16. The van der Waals surface area contributed by atoms with Crippen molar-refractivity contribution in [1.29, 1.82) is 0 Å². The molecule has 0 bridgehead atoms. The van der Waals surface area contributed by atoms with E-state index in [1.807, 2.05) is 25.2 Å². The van der Waals surface area contributed by atoms with Crippen molar-refractivity contribution >= 4 is 11.6 Å². The fraction of sp³-hybridized carbons (Fsp3) is 0.333. The maximum absolute atomic E-state index is 6.12. The third-order valence-electron chi connectivity index (χ3n) is 4.02. The van der Waals surface area contributed by atoms with Gasteiger partial charge in [0.05, 0.1) is 0 Å². The zero-order chi connectivity index (χ0) is 15.2. The average Bonchev–Trinajstić information content (AvgIpc) is 2.52. The first kappa shape index (κ1) is 16.0. The third kappa shape index (κ3) is 4.07. The number of nitrogens with zero attached hydrogens (tertiary/aromatic N) is 1. The monoisotopic (exact) mass is 302 g/mol. The van der Waals surface area contributed by atoms with Gasteiger partial charge in [0.15, 0.2) is 0 Å². The lowest BCUT2D eigenvalue weighted by molar-refractivity contribution is 0.184. The summed E-state index contributed by atoms with van der Waals surface area (Å²) in [6.45, 7) is 3.13. The molecule has 2 rings (SSSR count). The van der Waals surface area contributed by atoms with Gasteiger partial charge in [-0.05, 0) is 44.3 Å². The van der Waals surface area contributed by atoms with Crippen LogP contribution in [0.4, 0.5) is 0 Å². The summed E-state index contributed by atoms with van der Waals surface area (Å²) in [6.07, 6.45) is 0. The largest absolute Gasteiger partial charge is 0.318 e. The normalized spacial score (nSPS) is 14.1. The molecule has 2 unspecified atom stereocenters. The zero-order valence-electron chi connectivity index (χ0n) is 12.9. The van der Waals surface area contributed by atoms with Gasteiger partial charge in [0.25, 0.3) is 0 Å². The van der Waals surface area contributed by atoms with E-state index in [4.69, 9.17) is 11.6 Å². The minimum atomic E-state index is 0.294. The van der Waals surface area contributed by atoms with Crippen molar-refractivity contribution in [1.82, 2.24) is 10.2 Å². The summed E-state index contributed by atoms with van der Waals surface area (Å²) in [5, 5.41) is 4.09. The Morgan fingerprint density at radius 2 is 1.71 bits per heavy atom. The van der Waals surface area contributed by atoms with E-state index < -0.39 is 0 Å². The van der Waals surface area contributed by atoms with Crippen molar-refractivity contribution in [3.8, 4) is 0 Å². The summed E-state index contributed by atoms with van der Waals surface area (Å²) in [4.78, 5) is 2.39. The number of halogens is 1. The highest BCUT2D eigenvalue weighted by atomic mass is 35.5. The van der Waals surface area contributed by atoms with E-state index in [1.165, 1.54) is 11.1 Å². The van der Waals surface area contributed by atoms with Gasteiger partial charge < -0.3 is 5.32 Å². The van der Waals surface area contributed by atoms with Gasteiger partial charge in [0, 0.05) is 23.7 Å². The molecule has 0 heterocycles. The molecule has 21 heavy (non-hydrogen) atoms. The fourth-order valence-corrected chi connectivity index (χ4v) is 2.84. The van der Waals surface area contributed by atoms with Crippen LogP contribution in [0.3, 0.4) is 0 Å². The molecule has 0 aliphatic carbocycles. The molecule has 2 atom stereocenters. The molecule has 2 nitrogen and oxygen atoms in total. The van der Waals surface area contributed by atoms with Gasteiger partial charge >= 0.3 is 0 Å². The Balaban J connectivity index is 2.24. The van der Waals surface area contributed by atoms with Crippen molar-refractivity contribution in [2.24, 2.45) is 0 Å². The van der Waals surface area contributed by atoms with Crippen LogP contribution in [0.15, 0.2) is 54.6 Å². The highest BCUT2D eigenvalue weighted by Crippen LogP contribution is 2.29. The van der Waals surface area contributed by atoms with Crippen LogP contribution in [0.5, 0.6) is 0 Å². The SMILES string of the molecule is CNCC(c1ccccc1)N(C)C(C)c1cccc(Cl)c1. The first-order valence-electron chi connectivity index (χ1n) is 7.30. The topological polar surface area (TPSA) is 15.3 Å². The maximum Gasteiger partial charge on any atom is 0.0475 e. The van der Waals surface area contributed by atoms with E-state index in [0.717, 1.165) is 11.6 Å². The molecule has 2 aromatic rings. The van der Waals surface area contributed by atoms with Crippen molar-refractivity contribution < 1.29 is 0 Å². The number of hydrogen-bond acceptors (Lipinski definition) is 2. The molecule has 0 saturated carbocycles. The first-order valence-corrected chi connectivity index (χ1v) is 7.68.